The van der Waals surface area contributed by atoms with Crippen LogP contribution >= 0.6 is 11.3 Å². The molecular weight excluding hydrogens is 210 g/mol. The van der Waals surface area contributed by atoms with Crippen LogP contribution in [0.4, 0.5) is 0 Å². The number of carbonyl (C=O) groups is 1. The van der Waals surface area contributed by atoms with Gasteiger partial charge in [0, 0.05) is 21.9 Å². The van der Waals surface area contributed by atoms with Crippen LogP contribution in [0.1, 0.15) is 11.8 Å². The fourth-order valence-corrected chi connectivity index (χ4v) is 2.52. The van der Waals surface area contributed by atoms with Gasteiger partial charge in [0.05, 0.1) is 11.3 Å². The van der Waals surface area contributed by atoms with Crippen molar-refractivity contribution in [2.75, 3.05) is 0 Å². The quantitative estimate of drug-likeness (QED) is 0.815. The molecule has 1 heterocycles. The maximum Gasteiger partial charge on any atom is 0.318 e. The Balaban J connectivity index is 2.56. The van der Waals surface area contributed by atoms with Crippen molar-refractivity contribution in [3.63, 3.8) is 0 Å². The third-order valence-electron chi connectivity index (χ3n) is 1.51. The molecule has 72 valence electrons. The topological polar surface area (TPSA) is 67.3 Å². The van der Waals surface area contributed by atoms with Crippen molar-refractivity contribution in [1.29, 1.82) is 0 Å². The maximum absolute atomic E-state index is 11.4. The number of thiazole rings is 1. The van der Waals surface area contributed by atoms with Crippen LogP contribution in [0, 0.1) is 0 Å². The van der Waals surface area contributed by atoms with E-state index in [1.165, 1.54) is 18.3 Å². The Morgan fingerprint density at radius 2 is 2.54 bits per heavy atom. The molecule has 0 saturated heterocycles. The summed E-state index contributed by atoms with van der Waals surface area (Å²) in [5, 5.41) is 7.76. The summed E-state index contributed by atoms with van der Waals surface area (Å²) in [5.41, 5.74) is 1.64. The molecule has 0 aliphatic rings. The Bertz CT molecular complexity index is 310. The van der Waals surface area contributed by atoms with E-state index in [-0.39, 0.29) is 5.75 Å². The minimum atomic E-state index is -1.35. The number of carboxylic acids is 1. The molecule has 1 rings (SSSR count). The lowest BCUT2D eigenvalue weighted by atomic mass is 10.5. The van der Waals surface area contributed by atoms with Gasteiger partial charge in [-0.15, -0.1) is 11.3 Å². The summed E-state index contributed by atoms with van der Waals surface area (Å²) in [6, 6.07) is 0. The van der Waals surface area contributed by atoms with Gasteiger partial charge >= 0.3 is 5.97 Å². The number of nitrogens with zero attached hydrogens (tertiary/aromatic N) is 1. The first-order valence-corrected chi connectivity index (χ1v) is 5.84. The smallest absolute Gasteiger partial charge is 0.318 e. The lowest BCUT2D eigenvalue weighted by Gasteiger charge is -2.03. The number of hydrogen-bond donors (Lipinski definition) is 1. The van der Waals surface area contributed by atoms with Crippen molar-refractivity contribution in [3.8, 4) is 0 Å². The van der Waals surface area contributed by atoms with E-state index >= 15 is 0 Å². The molecule has 0 aliphatic carbocycles. The monoisotopic (exact) mass is 219 g/mol. The molecule has 0 aliphatic heterocycles. The van der Waals surface area contributed by atoms with Crippen LogP contribution in [0.25, 0.3) is 0 Å². The molecule has 1 aromatic rings. The number of rotatable bonds is 4. The lowest BCUT2D eigenvalue weighted by Crippen LogP contribution is -2.22. The second-order valence-electron chi connectivity index (χ2n) is 2.47. The summed E-state index contributed by atoms with van der Waals surface area (Å²) < 4.78 is 11.4. The minimum Gasteiger partial charge on any atom is -0.480 e. The molecule has 4 nitrogen and oxygen atoms in total. The van der Waals surface area contributed by atoms with E-state index in [2.05, 4.69) is 4.98 Å². The highest BCUT2D eigenvalue weighted by molar-refractivity contribution is 7.85. The summed E-state index contributed by atoms with van der Waals surface area (Å²) in [7, 11) is -1.35. The summed E-state index contributed by atoms with van der Waals surface area (Å²) in [6.45, 7) is 1.44. The third-order valence-corrected chi connectivity index (χ3v) is 4.06. The van der Waals surface area contributed by atoms with Crippen LogP contribution in [-0.4, -0.2) is 25.5 Å². The largest absolute Gasteiger partial charge is 0.480 e. The Morgan fingerprint density at radius 1 is 1.85 bits per heavy atom. The molecule has 0 fully saturated rings. The van der Waals surface area contributed by atoms with Gasteiger partial charge in [-0.25, -0.2) is 0 Å². The SMILES string of the molecule is CC(C(=O)O)S(=O)Cc1cncs1. The zero-order valence-electron chi connectivity index (χ0n) is 6.97. The highest BCUT2D eigenvalue weighted by Gasteiger charge is 2.19. The first-order chi connectivity index (χ1) is 6.11. The van der Waals surface area contributed by atoms with E-state index in [9.17, 15) is 9.00 Å². The van der Waals surface area contributed by atoms with Gasteiger partial charge in [0.15, 0.2) is 0 Å². The van der Waals surface area contributed by atoms with Crippen LogP contribution in [-0.2, 0) is 21.3 Å². The predicted octanol–water partition coefficient (Wildman–Crippen LogP) is 0.865. The highest BCUT2D eigenvalue weighted by Crippen LogP contribution is 2.11. The fourth-order valence-electron chi connectivity index (χ4n) is 0.691. The van der Waals surface area contributed by atoms with Crippen molar-refractivity contribution in [2.24, 2.45) is 0 Å². The van der Waals surface area contributed by atoms with Crippen LogP contribution in [0.5, 0.6) is 0 Å². The van der Waals surface area contributed by atoms with E-state index in [1.807, 2.05) is 0 Å². The van der Waals surface area contributed by atoms with Crippen molar-refractivity contribution in [1.82, 2.24) is 4.98 Å². The third kappa shape index (κ3) is 2.89. The van der Waals surface area contributed by atoms with Crippen molar-refractivity contribution >= 4 is 28.1 Å². The number of aromatic nitrogens is 1. The van der Waals surface area contributed by atoms with Gasteiger partial charge in [0.2, 0.25) is 0 Å². The Hall–Kier alpha value is -0.750. The molecule has 0 aromatic carbocycles. The molecule has 13 heavy (non-hydrogen) atoms. The Labute approximate surface area is 82.1 Å². The molecule has 0 spiro atoms. The van der Waals surface area contributed by atoms with Crippen molar-refractivity contribution in [2.45, 2.75) is 17.9 Å². The molecule has 0 amide bonds. The van der Waals surface area contributed by atoms with Gasteiger partial charge in [0.1, 0.15) is 5.25 Å². The molecule has 6 heteroatoms. The molecule has 1 aromatic heterocycles. The second-order valence-corrected chi connectivity index (χ2v) is 5.20. The molecule has 0 bridgehead atoms. The normalized spacial score (nSPS) is 15.2. The van der Waals surface area contributed by atoms with E-state index in [0.29, 0.717) is 0 Å². The predicted molar refractivity (Wildman–Crippen MR) is 51.1 cm³/mol. The van der Waals surface area contributed by atoms with Gasteiger partial charge in [-0.05, 0) is 6.92 Å². The average Bonchev–Trinajstić information content (AvgIpc) is 2.55. The maximum atomic E-state index is 11.4. The first kappa shape index (κ1) is 10.3. The highest BCUT2D eigenvalue weighted by atomic mass is 32.2. The van der Waals surface area contributed by atoms with E-state index in [4.69, 9.17) is 5.11 Å². The fraction of sp³-hybridized carbons (Fsp3) is 0.429. The molecule has 0 saturated carbocycles. The van der Waals surface area contributed by atoms with Crippen molar-refractivity contribution < 1.29 is 14.1 Å². The van der Waals surface area contributed by atoms with E-state index < -0.39 is 22.0 Å². The van der Waals surface area contributed by atoms with Gasteiger partial charge in [-0.3, -0.25) is 14.0 Å². The zero-order chi connectivity index (χ0) is 9.84. The van der Waals surface area contributed by atoms with Gasteiger partial charge < -0.3 is 5.11 Å². The summed E-state index contributed by atoms with van der Waals surface area (Å²) in [6.07, 6.45) is 1.61. The molecule has 2 atom stereocenters. The molecule has 0 radical (unpaired) electrons. The number of hydrogen-bond acceptors (Lipinski definition) is 4. The molecular formula is C7H9NO3S2. The van der Waals surface area contributed by atoms with Gasteiger partial charge in [-0.2, -0.15) is 0 Å². The van der Waals surface area contributed by atoms with Gasteiger partial charge in [0.25, 0.3) is 0 Å². The standard InChI is InChI=1S/C7H9NO3S2/c1-5(7(9)10)13(11)3-6-2-8-4-12-6/h2,4-5H,3H2,1H3,(H,9,10). The molecule has 2 unspecified atom stereocenters. The number of aliphatic carboxylic acids is 1. The zero-order valence-corrected chi connectivity index (χ0v) is 8.60. The minimum absolute atomic E-state index is 0.276. The van der Waals surface area contributed by atoms with Crippen LogP contribution < -0.4 is 0 Å². The van der Waals surface area contributed by atoms with Crippen LogP contribution in [0.3, 0.4) is 0 Å². The Morgan fingerprint density at radius 3 is 3.00 bits per heavy atom. The van der Waals surface area contributed by atoms with Gasteiger partial charge in [-0.1, -0.05) is 0 Å². The van der Waals surface area contributed by atoms with Crippen LogP contribution in [0.2, 0.25) is 0 Å². The van der Waals surface area contributed by atoms with Crippen molar-refractivity contribution in [3.05, 3.63) is 16.6 Å². The lowest BCUT2D eigenvalue weighted by molar-refractivity contribution is -0.136. The summed E-state index contributed by atoms with van der Waals surface area (Å²) in [4.78, 5) is 15.1. The van der Waals surface area contributed by atoms with E-state index in [0.717, 1.165) is 4.88 Å². The number of carboxylic acid groups (broad SMARTS) is 1. The first-order valence-electron chi connectivity index (χ1n) is 3.58. The Kier molecular flexibility index (Phi) is 3.56. The van der Waals surface area contributed by atoms with E-state index in [1.54, 1.807) is 11.7 Å². The average molecular weight is 219 g/mol. The molecule has 1 N–H and O–H groups in total. The summed E-state index contributed by atoms with van der Waals surface area (Å²) >= 11 is 1.38. The van der Waals surface area contributed by atoms with Crippen LogP contribution in [0.15, 0.2) is 11.7 Å². The summed E-state index contributed by atoms with van der Waals surface area (Å²) in [5.74, 6) is -0.749. The second kappa shape index (κ2) is 4.48.